The van der Waals surface area contributed by atoms with Gasteiger partial charge in [0, 0.05) is 31.0 Å². The summed E-state index contributed by atoms with van der Waals surface area (Å²) in [4.78, 5) is 33.2. The summed E-state index contributed by atoms with van der Waals surface area (Å²) in [5.41, 5.74) is 0. The highest BCUT2D eigenvalue weighted by Gasteiger charge is 2.24. The van der Waals surface area contributed by atoms with E-state index in [2.05, 4.69) is 5.11 Å². The first kappa shape index (κ1) is 26.0. The van der Waals surface area contributed by atoms with Crippen molar-refractivity contribution in [3.8, 4) is 17.2 Å². The van der Waals surface area contributed by atoms with Crippen LogP contribution in [0.25, 0.3) is 0 Å². The number of nitrogens with zero attached hydrogens (tertiary/aromatic N) is 1. The van der Waals surface area contributed by atoms with Gasteiger partial charge < -0.3 is 34.2 Å². The molecule has 0 fully saturated rings. The number of hydrogen-bond acceptors (Lipinski definition) is 10. The summed E-state index contributed by atoms with van der Waals surface area (Å²) in [6.07, 6.45) is -1.30. The number of aliphatic hydroxyl groups is 1. The van der Waals surface area contributed by atoms with Crippen LogP contribution in [-0.4, -0.2) is 91.7 Å². The van der Waals surface area contributed by atoms with Crippen molar-refractivity contribution in [3.63, 3.8) is 0 Å². The van der Waals surface area contributed by atoms with E-state index in [1.165, 1.54) is 0 Å². The molecular weight excluding hydrogens is 449 g/mol. The second-order valence-electron chi connectivity index (χ2n) is 7.93. The second kappa shape index (κ2) is 12.7. The minimum Gasteiger partial charge on any atom is -0.508 e. The van der Waals surface area contributed by atoms with Gasteiger partial charge in [0.25, 0.3) is 0 Å². The molecule has 182 valence electrons. The lowest BCUT2D eigenvalue weighted by Crippen LogP contribution is -2.37. The fourth-order valence-corrected chi connectivity index (χ4v) is 2.88. The van der Waals surface area contributed by atoms with Crippen LogP contribution in [0.1, 0.15) is 19.3 Å². The summed E-state index contributed by atoms with van der Waals surface area (Å²) in [6.45, 7) is -0.478. The fraction of sp³-hybridized carbons (Fsp3) is 0.579. The number of phenols is 2. The summed E-state index contributed by atoms with van der Waals surface area (Å²) < 4.78 is 38.8. The average molecular weight is 481 g/mol. The van der Waals surface area contributed by atoms with Crippen molar-refractivity contribution in [3.05, 3.63) is 18.2 Å². The minimum atomic E-state index is -4.35. The Morgan fingerprint density at radius 2 is 1.69 bits per heavy atom. The van der Waals surface area contributed by atoms with Crippen molar-refractivity contribution in [2.75, 3.05) is 47.5 Å². The van der Waals surface area contributed by atoms with Crippen LogP contribution in [0.15, 0.2) is 18.2 Å². The topological polar surface area (TPSA) is 169 Å². The lowest BCUT2D eigenvalue weighted by molar-refractivity contribution is -0.870. The van der Waals surface area contributed by atoms with Crippen LogP contribution in [0, 0.1) is 0 Å². The van der Waals surface area contributed by atoms with Crippen molar-refractivity contribution in [1.82, 2.24) is 0 Å². The van der Waals surface area contributed by atoms with Crippen LogP contribution >= 0.6 is 7.82 Å². The van der Waals surface area contributed by atoms with E-state index in [-0.39, 0.29) is 43.1 Å². The summed E-state index contributed by atoms with van der Waals surface area (Å²) >= 11 is 0. The number of phosphoric ester groups is 1. The van der Waals surface area contributed by atoms with Gasteiger partial charge in [-0.2, -0.15) is 0 Å². The number of carbonyl (C=O) groups is 2. The van der Waals surface area contributed by atoms with Crippen molar-refractivity contribution in [2.24, 2.45) is 0 Å². The van der Waals surface area contributed by atoms with Crippen molar-refractivity contribution >= 4 is 19.8 Å². The second-order valence-corrected chi connectivity index (χ2v) is 9.38. The molecule has 2 atom stereocenters. The number of hydrogen-bond donors (Lipinski definition) is 4. The average Bonchev–Trinajstić information content (AvgIpc) is 2.66. The van der Waals surface area contributed by atoms with E-state index in [1.807, 2.05) is 21.1 Å². The van der Waals surface area contributed by atoms with Gasteiger partial charge in [-0.15, -0.1) is 0 Å². The Labute approximate surface area is 187 Å². The van der Waals surface area contributed by atoms with Crippen LogP contribution < -0.4 is 4.74 Å². The number of benzene rings is 1. The molecule has 0 amide bonds. The van der Waals surface area contributed by atoms with Crippen LogP contribution in [0.5, 0.6) is 17.2 Å². The number of esters is 2. The number of rotatable bonds is 15. The third-order valence-electron chi connectivity index (χ3n) is 3.74. The van der Waals surface area contributed by atoms with Gasteiger partial charge in [0.05, 0.1) is 27.7 Å². The molecule has 0 aliphatic carbocycles. The molecular formula is C19H31NO11P+. The molecule has 0 saturated carbocycles. The van der Waals surface area contributed by atoms with Crippen LogP contribution in [-0.2, 0) is 27.9 Å². The lowest BCUT2D eigenvalue weighted by Gasteiger charge is -2.24. The van der Waals surface area contributed by atoms with E-state index in [1.54, 1.807) is 0 Å². The van der Waals surface area contributed by atoms with E-state index in [0.29, 0.717) is 11.0 Å². The van der Waals surface area contributed by atoms with E-state index >= 15 is 0 Å². The molecule has 4 N–H and O–H groups in total. The van der Waals surface area contributed by atoms with Gasteiger partial charge in [0.1, 0.15) is 43.1 Å². The summed E-state index contributed by atoms with van der Waals surface area (Å²) in [5, 5.41) is 23.0. The fourth-order valence-electron chi connectivity index (χ4n) is 2.14. The number of phenolic OH excluding ortho intramolecular Hbond substituents is 2. The maximum absolute atomic E-state index is 11.8. The highest BCUT2D eigenvalue weighted by molar-refractivity contribution is 7.47. The molecule has 1 unspecified atom stereocenters. The van der Waals surface area contributed by atoms with Crippen molar-refractivity contribution < 1.29 is 57.4 Å². The predicted molar refractivity (Wildman–Crippen MR) is 111 cm³/mol. The van der Waals surface area contributed by atoms with Gasteiger partial charge in [0.15, 0.2) is 0 Å². The molecule has 0 aromatic heterocycles. The normalized spacial score (nSPS) is 14.8. The Balaban J connectivity index is 2.28. The Hall–Kier alpha value is -2.21. The molecule has 0 radical (unpaired) electrons. The molecule has 0 bridgehead atoms. The quantitative estimate of drug-likeness (QED) is 0.122. The molecule has 13 heteroatoms. The molecule has 0 heterocycles. The number of quaternary nitrogens is 1. The van der Waals surface area contributed by atoms with Crippen molar-refractivity contribution in [1.29, 1.82) is 1.43 Å². The van der Waals surface area contributed by atoms with Crippen LogP contribution in [0.2, 0.25) is 0 Å². The van der Waals surface area contributed by atoms with Gasteiger partial charge in [-0.3, -0.25) is 18.6 Å². The highest BCUT2D eigenvalue weighted by atomic mass is 31.2. The maximum Gasteiger partial charge on any atom is 0.472 e. The Morgan fingerprint density at radius 3 is 2.28 bits per heavy atom. The standard InChI is InChI=1S/C19H30NO11P/c1-20(2,3)7-8-29-32(26,27)30-13-16(23)12-28-18(24)5-4-6-19(25)31-17-10-14(21)9-15(22)11-17/h9-11,16,23H,4-8,12-13H2,1-3H3,(H2-,21,22,26,27)/p+1/t16-/m1/s1/i23D. The smallest absolute Gasteiger partial charge is 0.472 e. The number of phosphoric acid groups is 1. The minimum absolute atomic E-state index is 0.0201. The monoisotopic (exact) mass is 481 g/mol. The molecule has 32 heavy (non-hydrogen) atoms. The molecule has 1 aromatic rings. The lowest BCUT2D eigenvalue weighted by atomic mass is 10.2. The SMILES string of the molecule is [2H]O[C@H](COC(=O)CCCC(=O)Oc1cc(O)cc(O)c1)COP(=O)(O)OCC[N+](C)(C)C. The van der Waals surface area contributed by atoms with Gasteiger partial charge >= 0.3 is 19.8 Å². The first-order valence-electron chi connectivity index (χ1n) is 10.1. The number of aromatic hydroxyl groups is 2. The Morgan fingerprint density at radius 1 is 1.06 bits per heavy atom. The number of aliphatic hydroxyl groups excluding tert-OH is 1. The summed E-state index contributed by atoms with van der Waals surface area (Å²) in [5.74, 6) is -1.96. The van der Waals surface area contributed by atoms with E-state index in [0.717, 1.165) is 18.2 Å². The largest absolute Gasteiger partial charge is 0.508 e. The summed E-state index contributed by atoms with van der Waals surface area (Å²) in [6, 6.07) is 3.37. The Bertz CT molecular complexity index is 810. The Kier molecular flexibility index (Phi) is 10.4. The van der Waals surface area contributed by atoms with Gasteiger partial charge in [-0.05, 0) is 6.42 Å². The van der Waals surface area contributed by atoms with Crippen LogP contribution in [0.4, 0.5) is 0 Å². The van der Waals surface area contributed by atoms with E-state index < -0.39 is 39.1 Å². The molecule has 0 aliphatic rings. The van der Waals surface area contributed by atoms with Gasteiger partial charge in [-0.1, -0.05) is 0 Å². The molecule has 0 saturated heterocycles. The van der Waals surface area contributed by atoms with Crippen molar-refractivity contribution in [2.45, 2.75) is 25.4 Å². The van der Waals surface area contributed by atoms with E-state index in [9.17, 15) is 29.3 Å². The molecule has 0 aliphatic heterocycles. The summed E-state index contributed by atoms with van der Waals surface area (Å²) in [7, 11) is 1.30. The molecule has 0 spiro atoms. The van der Waals surface area contributed by atoms with Gasteiger partial charge in [0.2, 0.25) is 1.43 Å². The zero-order chi connectivity index (χ0) is 25.1. The molecule has 1 aromatic carbocycles. The molecule has 1 rings (SSSR count). The zero-order valence-corrected chi connectivity index (χ0v) is 19.2. The number of carbonyl (C=O) groups excluding carboxylic acids is 2. The van der Waals surface area contributed by atoms with Crippen LogP contribution in [0.3, 0.4) is 0 Å². The molecule has 12 nitrogen and oxygen atoms in total. The van der Waals surface area contributed by atoms with Gasteiger partial charge in [-0.25, -0.2) is 4.57 Å². The third-order valence-corrected chi connectivity index (χ3v) is 4.72. The van der Waals surface area contributed by atoms with E-state index in [4.69, 9.17) is 20.0 Å². The maximum atomic E-state index is 11.8. The first-order chi connectivity index (χ1) is 15.3. The highest BCUT2D eigenvalue weighted by Crippen LogP contribution is 2.43. The number of likely N-dealkylation sites (N-methyl/N-ethyl adjacent to an activating group) is 1. The number of ether oxygens (including phenoxy) is 2. The zero-order valence-electron chi connectivity index (χ0n) is 19.3. The predicted octanol–water partition coefficient (Wildman–Crippen LogP) is 0.917. The first-order valence-corrected chi connectivity index (χ1v) is 11.2. The third kappa shape index (κ3) is 13.3.